The van der Waals surface area contributed by atoms with Gasteiger partial charge in [-0.25, -0.2) is 0 Å². The molecule has 82 valence electrons. The maximum absolute atomic E-state index is 6.03. The van der Waals surface area contributed by atoms with E-state index in [2.05, 4.69) is 4.98 Å². The van der Waals surface area contributed by atoms with Crippen LogP contribution < -0.4 is 4.74 Å². The summed E-state index contributed by atoms with van der Waals surface area (Å²) in [5, 5.41) is 0.594. The van der Waals surface area contributed by atoms with Crippen molar-refractivity contribution < 1.29 is 9.47 Å². The average Bonchev–Trinajstić information content (AvgIpc) is 2.24. The van der Waals surface area contributed by atoms with Gasteiger partial charge in [0.25, 0.3) is 0 Å². The molecule has 15 heavy (non-hydrogen) atoms. The quantitative estimate of drug-likeness (QED) is 0.779. The van der Waals surface area contributed by atoms with Crippen molar-refractivity contribution in [2.24, 2.45) is 0 Å². The smallest absolute Gasteiger partial charge is 0.199 e. The first-order chi connectivity index (χ1) is 7.25. The fraction of sp³-hybridized carbons (Fsp3) is 0.545. The van der Waals surface area contributed by atoms with Crippen LogP contribution in [0.1, 0.15) is 25.0 Å². The second-order valence-corrected chi connectivity index (χ2v) is 4.08. The van der Waals surface area contributed by atoms with E-state index in [0.717, 1.165) is 31.6 Å². The number of aryl methyl sites for hydroxylation is 1. The number of halogens is 1. The van der Waals surface area contributed by atoms with Gasteiger partial charge in [-0.15, -0.1) is 0 Å². The molecular weight excluding hydrogens is 214 g/mol. The summed E-state index contributed by atoms with van der Waals surface area (Å²) in [6.45, 7) is 2.66. The first-order valence-electron chi connectivity index (χ1n) is 5.16. The van der Waals surface area contributed by atoms with E-state index < -0.39 is 0 Å². The summed E-state index contributed by atoms with van der Waals surface area (Å²) >= 11 is 6.03. The molecule has 0 amide bonds. The van der Waals surface area contributed by atoms with Gasteiger partial charge in [-0.1, -0.05) is 11.6 Å². The van der Waals surface area contributed by atoms with Gasteiger partial charge in [-0.3, -0.25) is 4.98 Å². The molecule has 1 aliphatic heterocycles. The SMILES string of the molecule is Cc1cc(Cl)c(O[C@@H]2CCCCO2)cn1. The molecule has 3 nitrogen and oxygen atoms in total. The first-order valence-corrected chi connectivity index (χ1v) is 5.54. The number of hydrogen-bond donors (Lipinski definition) is 0. The Bertz CT molecular complexity index is 337. The molecule has 0 N–H and O–H groups in total. The third kappa shape index (κ3) is 2.83. The molecule has 0 unspecified atom stereocenters. The maximum Gasteiger partial charge on any atom is 0.199 e. The number of rotatable bonds is 2. The predicted octanol–water partition coefficient (Wildman–Crippen LogP) is 2.95. The van der Waals surface area contributed by atoms with Gasteiger partial charge in [-0.05, 0) is 25.8 Å². The summed E-state index contributed by atoms with van der Waals surface area (Å²) in [5.41, 5.74) is 0.886. The molecule has 2 heterocycles. The van der Waals surface area contributed by atoms with Crippen LogP contribution in [0.5, 0.6) is 5.75 Å². The van der Waals surface area contributed by atoms with Gasteiger partial charge in [0.2, 0.25) is 0 Å². The lowest BCUT2D eigenvalue weighted by atomic mass is 10.2. The molecule has 1 aromatic heterocycles. The van der Waals surface area contributed by atoms with Crippen molar-refractivity contribution in [2.45, 2.75) is 32.5 Å². The number of aromatic nitrogens is 1. The van der Waals surface area contributed by atoms with Crippen LogP contribution in [0.3, 0.4) is 0 Å². The highest BCUT2D eigenvalue weighted by molar-refractivity contribution is 6.32. The largest absolute Gasteiger partial charge is 0.462 e. The minimum Gasteiger partial charge on any atom is -0.462 e. The van der Waals surface area contributed by atoms with E-state index in [9.17, 15) is 0 Å². The fourth-order valence-corrected chi connectivity index (χ4v) is 1.80. The number of pyridine rings is 1. The van der Waals surface area contributed by atoms with E-state index in [1.54, 1.807) is 12.3 Å². The topological polar surface area (TPSA) is 31.4 Å². The second-order valence-electron chi connectivity index (χ2n) is 3.67. The molecule has 4 heteroatoms. The summed E-state index contributed by atoms with van der Waals surface area (Å²) in [5.74, 6) is 0.606. The van der Waals surface area contributed by atoms with Crippen molar-refractivity contribution >= 4 is 11.6 Å². The molecule has 0 bridgehead atoms. The minimum atomic E-state index is -0.166. The third-order valence-electron chi connectivity index (χ3n) is 2.35. The van der Waals surface area contributed by atoms with Crippen molar-refractivity contribution in [1.29, 1.82) is 0 Å². The Labute approximate surface area is 94.4 Å². The molecule has 1 aliphatic rings. The maximum atomic E-state index is 6.03. The monoisotopic (exact) mass is 227 g/mol. The summed E-state index contributed by atoms with van der Waals surface area (Å²) < 4.78 is 11.1. The van der Waals surface area contributed by atoms with Gasteiger partial charge in [-0.2, -0.15) is 0 Å². The Morgan fingerprint density at radius 2 is 2.40 bits per heavy atom. The van der Waals surface area contributed by atoms with Crippen LogP contribution in [0.2, 0.25) is 5.02 Å². The first kappa shape index (κ1) is 10.7. The molecular formula is C11H14ClNO2. The van der Waals surface area contributed by atoms with Gasteiger partial charge < -0.3 is 9.47 Å². The van der Waals surface area contributed by atoms with Gasteiger partial charge in [0.1, 0.15) is 0 Å². The lowest BCUT2D eigenvalue weighted by Crippen LogP contribution is -2.25. The minimum absolute atomic E-state index is 0.166. The van der Waals surface area contributed by atoms with Gasteiger partial charge in [0.05, 0.1) is 17.8 Å². The molecule has 1 fully saturated rings. The number of ether oxygens (including phenoxy) is 2. The third-order valence-corrected chi connectivity index (χ3v) is 2.65. The zero-order chi connectivity index (χ0) is 10.7. The zero-order valence-electron chi connectivity index (χ0n) is 8.70. The lowest BCUT2D eigenvalue weighted by molar-refractivity contribution is -0.106. The summed E-state index contributed by atoms with van der Waals surface area (Å²) in [7, 11) is 0. The lowest BCUT2D eigenvalue weighted by Gasteiger charge is -2.23. The van der Waals surface area contributed by atoms with E-state index in [0.29, 0.717) is 10.8 Å². The number of hydrogen-bond acceptors (Lipinski definition) is 3. The van der Waals surface area contributed by atoms with Gasteiger partial charge in [0.15, 0.2) is 12.0 Å². The summed E-state index contributed by atoms with van der Waals surface area (Å²) in [6.07, 6.45) is 4.65. The molecule has 0 spiro atoms. The standard InChI is InChI=1S/C11H14ClNO2/c1-8-6-9(12)10(7-13-8)15-11-4-2-3-5-14-11/h6-7,11H,2-5H2,1H3/t11-/m1/s1. The van der Waals surface area contributed by atoms with Crippen molar-refractivity contribution in [2.75, 3.05) is 6.61 Å². The van der Waals surface area contributed by atoms with Crippen LogP contribution >= 0.6 is 11.6 Å². The van der Waals surface area contributed by atoms with E-state index >= 15 is 0 Å². The Kier molecular flexibility index (Phi) is 3.44. The van der Waals surface area contributed by atoms with Crippen LogP contribution in [0.25, 0.3) is 0 Å². The molecule has 0 radical (unpaired) electrons. The molecule has 1 aromatic rings. The van der Waals surface area contributed by atoms with E-state index in [-0.39, 0.29) is 6.29 Å². The summed E-state index contributed by atoms with van der Waals surface area (Å²) in [6, 6.07) is 1.79. The second kappa shape index (κ2) is 4.81. The molecule has 2 rings (SSSR count). The van der Waals surface area contributed by atoms with Crippen molar-refractivity contribution in [3.8, 4) is 5.75 Å². The molecule has 0 aliphatic carbocycles. The van der Waals surface area contributed by atoms with Crippen LogP contribution in [0.15, 0.2) is 12.3 Å². The molecule has 1 saturated heterocycles. The Hall–Kier alpha value is -0.800. The predicted molar refractivity (Wildman–Crippen MR) is 58.2 cm³/mol. The van der Waals surface area contributed by atoms with E-state index in [1.165, 1.54) is 0 Å². The Morgan fingerprint density at radius 1 is 1.53 bits per heavy atom. The van der Waals surface area contributed by atoms with Crippen LogP contribution in [0.4, 0.5) is 0 Å². The highest BCUT2D eigenvalue weighted by Crippen LogP contribution is 2.26. The Balaban J connectivity index is 2.03. The van der Waals surface area contributed by atoms with Crippen molar-refractivity contribution in [3.05, 3.63) is 23.0 Å². The van der Waals surface area contributed by atoms with Crippen LogP contribution in [-0.4, -0.2) is 17.9 Å². The van der Waals surface area contributed by atoms with E-state index in [4.69, 9.17) is 21.1 Å². The normalized spacial score (nSPS) is 21.3. The van der Waals surface area contributed by atoms with E-state index in [1.807, 2.05) is 6.92 Å². The molecule has 0 saturated carbocycles. The molecule has 0 aromatic carbocycles. The van der Waals surface area contributed by atoms with Crippen molar-refractivity contribution in [3.63, 3.8) is 0 Å². The van der Waals surface area contributed by atoms with Crippen LogP contribution in [0, 0.1) is 6.92 Å². The Morgan fingerprint density at radius 3 is 3.07 bits per heavy atom. The highest BCUT2D eigenvalue weighted by Gasteiger charge is 2.16. The number of nitrogens with zero attached hydrogens (tertiary/aromatic N) is 1. The summed E-state index contributed by atoms with van der Waals surface area (Å²) in [4.78, 5) is 4.14. The van der Waals surface area contributed by atoms with Gasteiger partial charge >= 0.3 is 0 Å². The fourth-order valence-electron chi connectivity index (χ4n) is 1.55. The zero-order valence-corrected chi connectivity index (χ0v) is 9.46. The van der Waals surface area contributed by atoms with Gasteiger partial charge in [0, 0.05) is 12.1 Å². The van der Waals surface area contributed by atoms with Crippen molar-refractivity contribution in [1.82, 2.24) is 4.98 Å². The highest BCUT2D eigenvalue weighted by atomic mass is 35.5. The van der Waals surface area contributed by atoms with Crippen LogP contribution in [-0.2, 0) is 4.74 Å². The average molecular weight is 228 g/mol. The molecule has 1 atom stereocenters.